The molecule has 1 aromatic heterocycles. The van der Waals surface area contributed by atoms with Gasteiger partial charge < -0.3 is 10.1 Å². The van der Waals surface area contributed by atoms with E-state index < -0.39 is 0 Å². The number of halogens is 1. The lowest BCUT2D eigenvalue weighted by atomic mass is 10.2. The fraction of sp³-hybridized carbons (Fsp3) is 0.286. The Balaban J connectivity index is 2.03. The zero-order valence-electron chi connectivity index (χ0n) is 11.3. The quantitative estimate of drug-likeness (QED) is 0.921. The third kappa shape index (κ3) is 3.51. The summed E-state index contributed by atoms with van der Waals surface area (Å²) in [6, 6.07) is 6.90. The van der Waals surface area contributed by atoms with Crippen molar-refractivity contribution in [3.05, 3.63) is 41.7 Å². The largest absolute Gasteiger partial charge is 0.495 e. The molecule has 1 heterocycles. The van der Waals surface area contributed by atoms with E-state index in [-0.39, 0.29) is 11.9 Å². The van der Waals surface area contributed by atoms with Gasteiger partial charge in [-0.05, 0) is 31.2 Å². The summed E-state index contributed by atoms with van der Waals surface area (Å²) in [7, 11) is 1.55. The Kier molecular flexibility index (Phi) is 4.63. The molecule has 1 atom stereocenters. The van der Waals surface area contributed by atoms with Crippen LogP contribution in [-0.4, -0.2) is 22.8 Å². The predicted octanol–water partition coefficient (Wildman–Crippen LogP) is 3.13. The summed E-state index contributed by atoms with van der Waals surface area (Å²) in [6.45, 7) is 1.93. The van der Waals surface area contributed by atoms with Crippen LogP contribution in [0.3, 0.4) is 0 Å². The number of rotatable bonds is 5. The third-order valence-corrected chi connectivity index (χ3v) is 3.13. The number of anilines is 1. The van der Waals surface area contributed by atoms with E-state index in [0.29, 0.717) is 22.9 Å². The second-order valence-electron chi connectivity index (χ2n) is 4.43. The molecule has 0 aliphatic heterocycles. The van der Waals surface area contributed by atoms with Gasteiger partial charge >= 0.3 is 0 Å². The monoisotopic (exact) mass is 293 g/mol. The van der Waals surface area contributed by atoms with E-state index >= 15 is 0 Å². The van der Waals surface area contributed by atoms with Crippen molar-refractivity contribution in [3.8, 4) is 5.75 Å². The molecular weight excluding hydrogens is 278 g/mol. The lowest BCUT2D eigenvalue weighted by Crippen LogP contribution is -2.18. The van der Waals surface area contributed by atoms with E-state index in [0.717, 1.165) is 0 Å². The van der Waals surface area contributed by atoms with Gasteiger partial charge in [-0.2, -0.15) is 5.10 Å². The van der Waals surface area contributed by atoms with Gasteiger partial charge in [-0.15, -0.1) is 0 Å². The minimum Gasteiger partial charge on any atom is -0.495 e. The molecule has 1 aromatic carbocycles. The van der Waals surface area contributed by atoms with Crippen LogP contribution in [0.25, 0.3) is 0 Å². The summed E-state index contributed by atoms with van der Waals surface area (Å²) < 4.78 is 6.93. The molecule has 0 saturated carbocycles. The van der Waals surface area contributed by atoms with Crippen molar-refractivity contribution >= 4 is 23.2 Å². The zero-order valence-corrected chi connectivity index (χ0v) is 12.1. The number of hydrogen-bond acceptors (Lipinski definition) is 3. The molecule has 0 spiro atoms. The lowest BCUT2D eigenvalue weighted by molar-refractivity contribution is -0.116. The maximum atomic E-state index is 12.0. The summed E-state index contributed by atoms with van der Waals surface area (Å²) in [6.07, 6.45) is 3.84. The fourth-order valence-corrected chi connectivity index (χ4v) is 2.05. The van der Waals surface area contributed by atoms with E-state index in [1.54, 1.807) is 36.2 Å². The topological polar surface area (TPSA) is 56.1 Å². The third-order valence-electron chi connectivity index (χ3n) is 2.89. The van der Waals surface area contributed by atoms with Crippen molar-refractivity contribution in [3.63, 3.8) is 0 Å². The Hall–Kier alpha value is -2.01. The summed E-state index contributed by atoms with van der Waals surface area (Å²) in [5, 5.41) is 7.46. The van der Waals surface area contributed by atoms with Crippen molar-refractivity contribution < 1.29 is 9.53 Å². The molecule has 1 N–H and O–H groups in total. The van der Waals surface area contributed by atoms with E-state index in [2.05, 4.69) is 10.4 Å². The van der Waals surface area contributed by atoms with Crippen LogP contribution in [0.5, 0.6) is 5.75 Å². The number of hydrogen-bond donors (Lipinski definition) is 1. The predicted molar refractivity (Wildman–Crippen MR) is 78.2 cm³/mol. The number of nitrogens with one attached hydrogen (secondary N) is 1. The molecule has 5 nitrogen and oxygen atoms in total. The van der Waals surface area contributed by atoms with E-state index in [4.69, 9.17) is 16.3 Å². The molecule has 2 rings (SSSR count). The van der Waals surface area contributed by atoms with Crippen molar-refractivity contribution in [2.24, 2.45) is 0 Å². The highest BCUT2D eigenvalue weighted by Gasteiger charge is 2.13. The highest BCUT2D eigenvalue weighted by molar-refractivity contribution is 6.31. The molecule has 0 aliphatic rings. The number of carbonyl (C=O) groups excluding carboxylic acids is 1. The number of methoxy groups -OCH3 is 1. The summed E-state index contributed by atoms with van der Waals surface area (Å²) in [5.74, 6) is 0.461. The number of aromatic nitrogens is 2. The Morgan fingerprint density at radius 1 is 1.55 bits per heavy atom. The first kappa shape index (κ1) is 14.4. The SMILES string of the molecule is COc1ccc(Cl)cc1NC(=O)CC(C)n1cccn1. The average Bonchev–Trinajstić information content (AvgIpc) is 2.92. The van der Waals surface area contributed by atoms with E-state index in [1.165, 1.54) is 0 Å². The van der Waals surface area contributed by atoms with Crippen LogP contribution in [0.2, 0.25) is 5.02 Å². The Bertz CT molecular complexity index is 584. The number of ether oxygens (including phenoxy) is 1. The van der Waals surface area contributed by atoms with Crippen LogP contribution >= 0.6 is 11.6 Å². The minimum atomic E-state index is -0.117. The number of benzene rings is 1. The molecule has 0 aliphatic carbocycles. The number of amides is 1. The van der Waals surface area contributed by atoms with Gasteiger partial charge in [0.1, 0.15) is 5.75 Å². The molecule has 1 unspecified atom stereocenters. The second-order valence-corrected chi connectivity index (χ2v) is 4.87. The van der Waals surface area contributed by atoms with Crippen LogP contribution in [0.4, 0.5) is 5.69 Å². The maximum absolute atomic E-state index is 12.0. The van der Waals surface area contributed by atoms with Crippen molar-refractivity contribution in [1.82, 2.24) is 9.78 Å². The highest BCUT2D eigenvalue weighted by atomic mass is 35.5. The molecule has 1 amide bonds. The normalized spacial score (nSPS) is 11.9. The first-order valence-corrected chi connectivity index (χ1v) is 6.60. The molecule has 106 valence electrons. The van der Waals surface area contributed by atoms with Crippen molar-refractivity contribution in [2.45, 2.75) is 19.4 Å². The summed E-state index contributed by atoms with van der Waals surface area (Å²) in [4.78, 5) is 12.0. The van der Waals surface area contributed by atoms with Gasteiger partial charge in [0.15, 0.2) is 0 Å². The molecule has 0 radical (unpaired) electrons. The molecule has 0 bridgehead atoms. The second kappa shape index (κ2) is 6.43. The van der Waals surface area contributed by atoms with Crippen LogP contribution in [0.15, 0.2) is 36.7 Å². The molecule has 2 aromatic rings. The van der Waals surface area contributed by atoms with Crippen LogP contribution in [0.1, 0.15) is 19.4 Å². The van der Waals surface area contributed by atoms with Gasteiger partial charge in [-0.3, -0.25) is 9.48 Å². The average molecular weight is 294 g/mol. The Labute approximate surface area is 122 Å². The minimum absolute atomic E-state index is 0.0184. The van der Waals surface area contributed by atoms with Crippen molar-refractivity contribution in [1.29, 1.82) is 0 Å². The van der Waals surface area contributed by atoms with Gasteiger partial charge in [0, 0.05) is 23.8 Å². The van der Waals surface area contributed by atoms with Crippen LogP contribution < -0.4 is 10.1 Å². The Morgan fingerprint density at radius 2 is 2.35 bits per heavy atom. The Morgan fingerprint density at radius 3 is 3.00 bits per heavy atom. The smallest absolute Gasteiger partial charge is 0.226 e. The summed E-state index contributed by atoms with van der Waals surface area (Å²) >= 11 is 5.92. The van der Waals surface area contributed by atoms with Gasteiger partial charge in [0.05, 0.1) is 18.8 Å². The maximum Gasteiger partial charge on any atom is 0.226 e. The van der Waals surface area contributed by atoms with E-state index in [1.807, 2.05) is 19.2 Å². The first-order valence-electron chi connectivity index (χ1n) is 6.22. The molecular formula is C14H16ClN3O2. The van der Waals surface area contributed by atoms with Gasteiger partial charge in [-0.1, -0.05) is 11.6 Å². The number of nitrogens with zero attached hydrogens (tertiary/aromatic N) is 2. The van der Waals surface area contributed by atoms with Gasteiger partial charge in [0.2, 0.25) is 5.91 Å². The van der Waals surface area contributed by atoms with Gasteiger partial charge in [0.25, 0.3) is 0 Å². The molecule has 0 saturated heterocycles. The van der Waals surface area contributed by atoms with Crippen LogP contribution in [0, 0.1) is 0 Å². The van der Waals surface area contributed by atoms with Crippen molar-refractivity contribution in [2.75, 3.05) is 12.4 Å². The zero-order chi connectivity index (χ0) is 14.5. The molecule has 20 heavy (non-hydrogen) atoms. The molecule has 0 fully saturated rings. The lowest BCUT2D eigenvalue weighted by Gasteiger charge is -2.14. The fourth-order valence-electron chi connectivity index (χ4n) is 1.88. The first-order chi connectivity index (χ1) is 9.60. The highest BCUT2D eigenvalue weighted by Crippen LogP contribution is 2.28. The molecule has 6 heteroatoms. The number of carbonyl (C=O) groups is 1. The van der Waals surface area contributed by atoms with Crippen LogP contribution in [-0.2, 0) is 4.79 Å². The standard InChI is InChI=1S/C14H16ClN3O2/c1-10(18-7-3-6-16-18)8-14(19)17-12-9-11(15)4-5-13(12)20-2/h3-7,9-10H,8H2,1-2H3,(H,17,19). The van der Waals surface area contributed by atoms with Gasteiger partial charge in [-0.25, -0.2) is 0 Å². The summed E-state index contributed by atoms with van der Waals surface area (Å²) in [5.41, 5.74) is 0.567. The van der Waals surface area contributed by atoms with E-state index in [9.17, 15) is 4.79 Å².